The maximum atomic E-state index is 9.53. The number of nitrogens with zero attached hydrogens (tertiary/aromatic N) is 1. The highest BCUT2D eigenvalue weighted by molar-refractivity contribution is 5.77. The molecule has 18 heavy (non-hydrogen) atoms. The van der Waals surface area contributed by atoms with Crippen LogP contribution >= 0.6 is 0 Å². The third-order valence-electron chi connectivity index (χ3n) is 4.27. The second-order valence-electron chi connectivity index (χ2n) is 5.65. The van der Waals surface area contributed by atoms with Crippen LogP contribution in [0.4, 0.5) is 0 Å². The number of hydrogen-bond acceptors (Lipinski definition) is 3. The van der Waals surface area contributed by atoms with Crippen molar-refractivity contribution >= 4 is 5.96 Å². The lowest BCUT2D eigenvalue weighted by Gasteiger charge is -2.34. The third-order valence-corrected chi connectivity index (χ3v) is 4.27. The molecule has 1 heterocycles. The second kappa shape index (κ2) is 6.38. The lowest BCUT2D eigenvalue weighted by Crippen LogP contribution is -2.40. The van der Waals surface area contributed by atoms with Crippen molar-refractivity contribution < 1.29 is 9.84 Å². The lowest BCUT2D eigenvalue weighted by atomic mass is 9.81. The van der Waals surface area contributed by atoms with E-state index in [9.17, 15) is 5.11 Å². The predicted molar refractivity (Wildman–Crippen MR) is 71.4 cm³/mol. The van der Waals surface area contributed by atoms with Gasteiger partial charge in [0.05, 0.1) is 13.2 Å². The fraction of sp³-hybridized carbons (Fsp3) is 0.923. The highest BCUT2D eigenvalue weighted by Crippen LogP contribution is 2.30. The van der Waals surface area contributed by atoms with Gasteiger partial charge < -0.3 is 20.9 Å². The maximum Gasteiger partial charge on any atom is 0.188 e. The Labute approximate surface area is 109 Å². The Balaban J connectivity index is 1.75. The minimum Gasteiger partial charge on any atom is -0.396 e. The highest BCUT2D eigenvalue weighted by atomic mass is 16.5. The molecule has 0 spiro atoms. The number of guanidine groups is 1. The largest absolute Gasteiger partial charge is 0.396 e. The summed E-state index contributed by atoms with van der Waals surface area (Å²) in [6.07, 6.45) is 5.68. The van der Waals surface area contributed by atoms with Crippen LogP contribution in [-0.2, 0) is 4.74 Å². The summed E-state index contributed by atoms with van der Waals surface area (Å²) < 4.78 is 5.33. The van der Waals surface area contributed by atoms with Crippen LogP contribution in [0, 0.1) is 11.3 Å². The molecular weight excluding hydrogens is 230 g/mol. The fourth-order valence-corrected chi connectivity index (χ4v) is 2.43. The van der Waals surface area contributed by atoms with Crippen molar-refractivity contribution in [1.82, 2.24) is 5.32 Å². The molecular formula is C13H25N3O2. The average molecular weight is 255 g/mol. The fourth-order valence-electron chi connectivity index (χ4n) is 2.43. The molecule has 0 aromatic rings. The first-order valence-electron chi connectivity index (χ1n) is 6.96. The Hall–Kier alpha value is -0.810. The molecule has 0 aromatic carbocycles. The van der Waals surface area contributed by atoms with Gasteiger partial charge in [-0.3, -0.25) is 4.99 Å². The molecule has 1 aliphatic carbocycles. The van der Waals surface area contributed by atoms with E-state index in [4.69, 9.17) is 10.5 Å². The maximum absolute atomic E-state index is 9.53. The summed E-state index contributed by atoms with van der Waals surface area (Å²) in [5, 5.41) is 12.7. The summed E-state index contributed by atoms with van der Waals surface area (Å²) >= 11 is 0. The molecule has 104 valence electrons. The zero-order valence-electron chi connectivity index (χ0n) is 11.0. The van der Waals surface area contributed by atoms with Crippen molar-refractivity contribution in [3.8, 4) is 0 Å². The first-order valence-corrected chi connectivity index (χ1v) is 6.96. The topological polar surface area (TPSA) is 79.9 Å². The third kappa shape index (κ3) is 3.59. The number of aliphatic hydroxyl groups excluding tert-OH is 1. The highest BCUT2D eigenvalue weighted by Gasteiger charge is 2.31. The smallest absolute Gasteiger partial charge is 0.188 e. The number of nitrogens with one attached hydrogen (secondary N) is 1. The van der Waals surface area contributed by atoms with Gasteiger partial charge in [0.15, 0.2) is 5.96 Å². The van der Waals surface area contributed by atoms with Gasteiger partial charge in [-0.15, -0.1) is 0 Å². The van der Waals surface area contributed by atoms with Crippen molar-refractivity contribution in [2.45, 2.75) is 32.1 Å². The van der Waals surface area contributed by atoms with Gasteiger partial charge in [-0.1, -0.05) is 6.42 Å². The lowest BCUT2D eigenvalue weighted by molar-refractivity contribution is -0.0106. The number of rotatable bonds is 5. The van der Waals surface area contributed by atoms with Gasteiger partial charge in [-0.25, -0.2) is 0 Å². The Morgan fingerprint density at radius 3 is 2.67 bits per heavy atom. The Morgan fingerprint density at radius 2 is 2.11 bits per heavy atom. The van der Waals surface area contributed by atoms with E-state index in [0.717, 1.165) is 25.3 Å². The summed E-state index contributed by atoms with van der Waals surface area (Å²) in [6.45, 7) is 3.12. The first kappa shape index (κ1) is 13.6. The van der Waals surface area contributed by atoms with Gasteiger partial charge in [-0.2, -0.15) is 0 Å². The molecule has 0 radical (unpaired) electrons. The summed E-state index contributed by atoms with van der Waals surface area (Å²) in [6, 6.07) is 0. The number of nitrogens with two attached hydrogens (primary N) is 1. The molecule has 4 N–H and O–H groups in total. The Kier molecular flexibility index (Phi) is 4.83. The summed E-state index contributed by atoms with van der Waals surface area (Å²) in [5.74, 6) is 1.29. The molecule has 2 rings (SSSR count). The van der Waals surface area contributed by atoms with Gasteiger partial charge in [0.25, 0.3) is 0 Å². The molecule has 0 bridgehead atoms. The number of hydrogen-bond donors (Lipinski definition) is 3. The van der Waals surface area contributed by atoms with E-state index in [1.165, 1.54) is 19.3 Å². The molecule has 2 aliphatic rings. The molecule has 1 saturated heterocycles. The van der Waals surface area contributed by atoms with Gasteiger partial charge >= 0.3 is 0 Å². The molecule has 0 amide bonds. The van der Waals surface area contributed by atoms with Crippen LogP contribution in [0.25, 0.3) is 0 Å². The number of aliphatic hydroxyl groups is 1. The molecule has 1 saturated carbocycles. The molecule has 0 atom stereocenters. The SMILES string of the molecule is NC(=NCC1(CO)CCOCC1)NCC1CCC1. The monoisotopic (exact) mass is 255 g/mol. The normalized spacial score (nSPS) is 24.6. The zero-order chi connectivity index (χ0) is 12.8. The van der Waals surface area contributed by atoms with Crippen LogP contribution in [0.1, 0.15) is 32.1 Å². The Bertz CT molecular complexity index is 284. The standard InChI is InChI=1S/C13H25N3O2/c14-12(15-8-11-2-1-3-11)16-9-13(10-17)4-6-18-7-5-13/h11,17H,1-10H2,(H3,14,15,16). The van der Waals surface area contributed by atoms with Gasteiger partial charge in [-0.05, 0) is 31.6 Å². The minimum atomic E-state index is -0.124. The minimum absolute atomic E-state index is 0.124. The molecule has 5 heteroatoms. The molecule has 1 aliphatic heterocycles. The van der Waals surface area contributed by atoms with E-state index < -0.39 is 0 Å². The van der Waals surface area contributed by atoms with Crippen molar-refractivity contribution in [2.75, 3.05) is 32.9 Å². The van der Waals surface area contributed by atoms with E-state index in [1.807, 2.05) is 0 Å². The zero-order valence-corrected chi connectivity index (χ0v) is 11.0. The molecule has 5 nitrogen and oxygen atoms in total. The van der Waals surface area contributed by atoms with E-state index in [0.29, 0.717) is 25.7 Å². The average Bonchev–Trinajstić information content (AvgIpc) is 2.36. The van der Waals surface area contributed by atoms with Crippen LogP contribution in [0.5, 0.6) is 0 Å². The van der Waals surface area contributed by atoms with Crippen molar-refractivity contribution in [1.29, 1.82) is 0 Å². The van der Waals surface area contributed by atoms with E-state index >= 15 is 0 Å². The summed E-state index contributed by atoms with van der Waals surface area (Å²) in [4.78, 5) is 4.39. The number of ether oxygens (including phenoxy) is 1. The van der Waals surface area contributed by atoms with E-state index in [1.54, 1.807) is 0 Å². The van der Waals surface area contributed by atoms with Crippen LogP contribution in [-0.4, -0.2) is 44.0 Å². The summed E-state index contributed by atoms with van der Waals surface area (Å²) in [5.41, 5.74) is 5.73. The van der Waals surface area contributed by atoms with E-state index in [-0.39, 0.29) is 12.0 Å². The van der Waals surface area contributed by atoms with Crippen LogP contribution in [0.3, 0.4) is 0 Å². The van der Waals surface area contributed by atoms with E-state index in [2.05, 4.69) is 10.3 Å². The molecule has 2 fully saturated rings. The van der Waals surface area contributed by atoms with Gasteiger partial charge in [0.1, 0.15) is 0 Å². The summed E-state index contributed by atoms with van der Waals surface area (Å²) in [7, 11) is 0. The van der Waals surface area contributed by atoms with Crippen LogP contribution < -0.4 is 11.1 Å². The predicted octanol–water partition coefficient (Wildman–Crippen LogP) is 0.480. The molecule has 0 aromatic heterocycles. The van der Waals surface area contributed by atoms with Gasteiger partial charge in [0, 0.05) is 25.2 Å². The van der Waals surface area contributed by atoms with Crippen LogP contribution in [0.2, 0.25) is 0 Å². The van der Waals surface area contributed by atoms with Crippen LogP contribution in [0.15, 0.2) is 4.99 Å². The quantitative estimate of drug-likeness (QED) is 0.493. The van der Waals surface area contributed by atoms with Gasteiger partial charge in [0.2, 0.25) is 0 Å². The van der Waals surface area contributed by atoms with Crippen molar-refractivity contribution in [3.63, 3.8) is 0 Å². The van der Waals surface area contributed by atoms with Crippen molar-refractivity contribution in [3.05, 3.63) is 0 Å². The number of aliphatic imine (C=N–C) groups is 1. The Morgan fingerprint density at radius 1 is 1.39 bits per heavy atom. The second-order valence-corrected chi connectivity index (χ2v) is 5.65. The molecule has 0 unspecified atom stereocenters. The van der Waals surface area contributed by atoms with Crippen molar-refractivity contribution in [2.24, 2.45) is 22.1 Å². The first-order chi connectivity index (χ1) is 8.74.